The lowest BCUT2D eigenvalue weighted by Crippen LogP contribution is -2.54. The number of imide groups is 2. The number of nitrogens with one attached hydrogen (secondary N) is 1. The highest BCUT2D eigenvalue weighted by Crippen LogP contribution is 2.39. The van der Waals surface area contributed by atoms with Gasteiger partial charge in [-0.25, -0.2) is 9.37 Å². The zero-order chi connectivity index (χ0) is 53.5. The van der Waals surface area contributed by atoms with Crippen LogP contribution in [0.15, 0.2) is 72.8 Å². The van der Waals surface area contributed by atoms with E-state index in [0.717, 1.165) is 128 Å². The third-order valence-electron chi connectivity index (χ3n) is 16.6. The van der Waals surface area contributed by atoms with Crippen molar-refractivity contribution in [3.63, 3.8) is 0 Å². The number of halogens is 1. The lowest BCUT2D eigenvalue weighted by Gasteiger charge is -2.40. The number of aliphatic hydroxyl groups excluding tert-OH is 1. The normalized spacial score (nSPS) is 19.5. The molecule has 7 heterocycles. The number of rotatable bonds is 16. The number of fused-ring (bicyclic) bond motifs is 2. The maximum atomic E-state index is 15.6. The first-order chi connectivity index (χ1) is 36.4. The number of anilines is 2. The summed E-state index contributed by atoms with van der Waals surface area (Å²) in [7, 11) is 0. The molecule has 0 aliphatic carbocycles. The molecule has 2 N–H and O–H groups in total. The van der Waals surface area contributed by atoms with Crippen molar-refractivity contribution >= 4 is 46.7 Å². The Morgan fingerprint density at radius 1 is 0.750 bits per heavy atom. The summed E-state index contributed by atoms with van der Waals surface area (Å²) in [5.41, 5.74) is 7.21. The summed E-state index contributed by atoms with van der Waals surface area (Å²) >= 11 is 0. The SMILES string of the molecule is Cc1nn2c(N3CCN(CCO)CC3)cc(-c3ccccc3)nc2c1-c1cccc(CC(C)(C)CCC(C)(C)CC(=O)N2CCC(CN3CCN(c4cc5c(cc4F)C(=O)N(C4CCC(=O)NC4=O)C5=O)CC3)CC2)c1. The number of hydrogen-bond donors (Lipinski definition) is 2. The van der Waals surface area contributed by atoms with Crippen LogP contribution in [0.1, 0.15) is 105 Å². The van der Waals surface area contributed by atoms with Crippen molar-refractivity contribution in [3.05, 3.63) is 101 Å². The molecule has 5 aliphatic rings. The lowest BCUT2D eigenvalue weighted by atomic mass is 9.74. The van der Waals surface area contributed by atoms with Crippen LogP contribution in [0.5, 0.6) is 0 Å². The standard InChI is InChI=1S/C59H73FN10O6/c1-39-53(54-61-47(42-11-7-6-8-12-42)35-51(70(54)63-39)67-28-22-64(23-29-67)30-31-71)43-13-9-10-41(32-43)36-58(2,3)18-19-59(4,5)37-52(73)68-20-16-40(17-21-68)38-65-24-26-66(27-25-65)49-34-45-44(33-46(49)60)56(75)69(57(45)76)48-14-15-50(72)62-55(48)74/h6-13,32-35,40,48,71H,14-31,36-38H2,1-5H3,(H,62,72,74). The van der Waals surface area contributed by atoms with Gasteiger partial charge in [0, 0.05) is 109 Å². The van der Waals surface area contributed by atoms with E-state index in [2.05, 4.69) is 102 Å². The number of likely N-dealkylation sites (tertiary alicyclic amines) is 1. The van der Waals surface area contributed by atoms with Gasteiger partial charge in [0.05, 0.1) is 34.8 Å². The largest absolute Gasteiger partial charge is 0.395 e. The molecule has 1 atom stereocenters. The van der Waals surface area contributed by atoms with Crippen LogP contribution >= 0.6 is 0 Å². The number of carbonyl (C=O) groups is 5. The summed E-state index contributed by atoms with van der Waals surface area (Å²) in [6.45, 7) is 20.4. The van der Waals surface area contributed by atoms with E-state index in [1.165, 1.54) is 11.6 Å². The fourth-order valence-electron chi connectivity index (χ4n) is 12.2. The molecular weight excluding hydrogens is 964 g/mol. The number of β-amino-alcohol motifs (C(OH)–C–C–N with tert-alkyl or cyclic N) is 1. The summed E-state index contributed by atoms with van der Waals surface area (Å²) in [5, 5.41) is 16.9. The van der Waals surface area contributed by atoms with Crippen LogP contribution in [0, 0.1) is 29.5 Å². The fourth-order valence-corrected chi connectivity index (χ4v) is 12.2. The molecule has 10 rings (SSSR count). The van der Waals surface area contributed by atoms with E-state index in [-0.39, 0.29) is 53.0 Å². The third kappa shape index (κ3) is 11.3. The number of aliphatic hydroxyl groups is 1. The lowest BCUT2D eigenvalue weighted by molar-refractivity contribution is -0.136. The van der Waals surface area contributed by atoms with E-state index >= 15 is 4.39 Å². The average Bonchev–Trinajstić information content (AvgIpc) is 3.89. The Kier molecular flexibility index (Phi) is 15.2. The second-order valence-electron chi connectivity index (χ2n) is 23.4. The summed E-state index contributed by atoms with van der Waals surface area (Å²) in [6, 6.07) is 22.8. The second-order valence-corrected chi connectivity index (χ2v) is 23.4. The first-order valence-corrected chi connectivity index (χ1v) is 27.4. The Morgan fingerprint density at radius 2 is 1.41 bits per heavy atom. The Bertz CT molecular complexity index is 3010. The third-order valence-corrected chi connectivity index (χ3v) is 16.6. The molecule has 5 amide bonds. The monoisotopic (exact) mass is 1040 g/mol. The molecular formula is C59H73FN10O6. The van der Waals surface area contributed by atoms with Gasteiger partial charge < -0.3 is 19.8 Å². The van der Waals surface area contributed by atoms with Gasteiger partial charge in [-0.05, 0) is 85.5 Å². The number of piperidine rings is 2. The summed E-state index contributed by atoms with van der Waals surface area (Å²) in [4.78, 5) is 81.9. The van der Waals surface area contributed by atoms with Crippen LogP contribution in [0.4, 0.5) is 15.9 Å². The van der Waals surface area contributed by atoms with Crippen molar-refractivity contribution in [3.8, 4) is 22.4 Å². The molecule has 402 valence electrons. The molecule has 1 unspecified atom stereocenters. The number of aryl methyl sites for hydroxylation is 1. The van der Waals surface area contributed by atoms with E-state index in [1.54, 1.807) is 0 Å². The Balaban J connectivity index is 0.705. The molecule has 0 saturated carbocycles. The number of hydrogen-bond acceptors (Lipinski definition) is 12. The molecule has 76 heavy (non-hydrogen) atoms. The molecule has 17 heteroatoms. The van der Waals surface area contributed by atoms with Crippen molar-refractivity contribution in [1.29, 1.82) is 0 Å². The van der Waals surface area contributed by atoms with E-state index < -0.39 is 35.5 Å². The van der Waals surface area contributed by atoms with E-state index in [9.17, 15) is 29.1 Å². The van der Waals surface area contributed by atoms with Crippen molar-refractivity contribution in [2.45, 2.75) is 92.0 Å². The predicted octanol–water partition coefficient (Wildman–Crippen LogP) is 6.85. The van der Waals surface area contributed by atoms with Crippen LogP contribution in [0.2, 0.25) is 0 Å². The Labute approximate surface area is 445 Å². The van der Waals surface area contributed by atoms with Gasteiger partial charge in [0.25, 0.3) is 11.8 Å². The smallest absolute Gasteiger partial charge is 0.262 e. The number of benzene rings is 3. The average molecular weight is 1040 g/mol. The van der Waals surface area contributed by atoms with E-state index in [0.29, 0.717) is 45.1 Å². The minimum Gasteiger partial charge on any atom is -0.395 e. The maximum absolute atomic E-state index is 15.6. The van der Waals surface area contributed by atoms with Crippen LogP contribution < -0.4 is 15.1 Å². The van der Waals surface area contributed by atoms with Crippen LogP contribution in [0.3, 0.4) is 0 Å². The number of nitrogens with zero attached hydrogens (tertiary/aromatic N) is 9. The molecule has 4 saturated heterocycles. The molecule has 16 nitrogen and oxygen atoms in total. The minimum absolute atomic E-state index is 0.0142. The van der Waals surface area contributed by atoms with Gasteiger partial charge in [-0.15, -0.1) is 0 Å². The minimum atomic E-state index is -1.11. The van der Waals surface area contributed by atoms with Gasteiger partial charge in [-0.2, -0.15) is 9.61 Å². The molecule has 0 spiro atoms. The number of amides is 5. The van der Waals surface area contributed by atoms with Crippen LogP contribution in [-0.2, 0) is 20.8 Å². The predicted molar refractivity (Wildman–Crippen MR) is 290 cm³/mol. The van der Waals surface area contributed by atoms with Crippen molar-refractivity contribution in [2.75, 3.05) is 94.9 Å². The van der Waals surface area contributed by atoms with Gasteiger partial charge in [-0.3, -0.25) is 44.0 Å². The molecule has 2 aromatic heterocycles. The quantitative estimate of drug-likeness (QED) is 0.0989. The zero-order valence-corrected chi connectivity index (χ0v) is 44.8. The van der Waals surface area contributed by atoms with Gasteiger partial charge in [0.15, 0.2) is 5.65 Å². The zero-order valence-electron chi connectivity index (χ0n) is 44.8. The van der Waals surface area contributed by atoms with E-state index in [1.807, 2.05) is 27.6 Å². The maximum Gasteiger partial charge on any atom is 0.262 e. The highest BCUT2D eigenvalue weighted by molar-refractivity contribution is 6.23. The molecule has 0 radical (unpaired) electrons. The summed E-state index contributed by atoms with van der Waals surface area (Å²) in [6.07, 6.45) is 5.21. The van der Waals surface area contributed by atoms with Crippen molar-refractivity contribution < 1.29 is 33.5 Å². The van der Waals surface area contributed by atoms with Crippen molar-refractivity contribution in [1.82, 2.24) is 39.5 Å². The van der Waals surface area contributed by atoms with Gasteiger partial charge in [0.2, 0.25) is 17.7 Å². The van der Waals surface area contributed by atoms with Gasteiger partial charge in [-0.1, -0.05) is 82.3 Å². The van der Waals surface area contributed by atoms with Gasteiger partial charge in [0.1, 0.15) is 17.7 Å². The van der Waals surface area contributed by atoms with Gasteiger partial charge >= 0.3 is 0 Å². The second kappa shape index (κ2) is 21.8. The Hall–Kier alpha value is -6.56. The number of piperazine rings is 2. The summed E-state index contributed by atoms with van der Waals surface area (Å²) < 4.78 is 17.6. The molecule has 5 aromatic rings. The molecule has 4 fully saturated rings. The number of aromatic nitrogens is 3. The molecule has 5 aliphatic heterocycles. The fraction of sp³-hybridized carbons (Fsp3) is 0.508. The number of carbonyl (C=O) groups excluding carboxylic acids is 5. The van der Waals surface area contributed by atoms with Crippen LogP contribution in [0.25, 0.3) is 28.0 Å². The van der Waals surface area contributed by atoms with Crippen LogP contribution in [-0.4, -0.2) is 160 Å². The highest BCUT2D eigenvalue weighted by atomic mass is 19.1. The highest BCUT2D eigenvalue weighted by Gasteiger charge is 2.45. The topological polar surface area (TPSA) is 167 Å². The summed E-state index contributed by atoms with van der Waals surface area (Å²) in [5.74, 6) is -1.42. The molecule has 0 bridgehead atoms. The first-order valence-electron chi connectivity index (χ1n) is 27.4. The molecule has 3 aromatic carbocycles. The first kappa shape index (κ1) is 52.9. The Morgan fingerprint density at radius 3 is 2.11 bits per heavy atom. The van der Waals surface area contributed by atoms with Crippen molar-refractivity contribution in [2.24, 2.45) is 16.7 Å². The van der Waals surface area contributed by atoms with E-state index in [4.69, 9.17) is 10.1 Å².